The Morgan fingerprint density at radius 1 is 0.643 bits per heavy atom. The molecule has 0 aromatic carbocycles. The molecule has 0 heterocycles. The summed E-state index contributed by atoms with van der Waals surface area (Å²) < 4.78 is 0. The van der Waals surface area contributed by atoms with Gasteiger partial charge in [0.2, 0.25) is 0 Å². The fraction of sp³-hybridized carbons (Fsp3) is 0.100. The minimum absolute atomic E-state index is 0. The maximum absolute atomic E-state index is 8.00. The molecular formula is C10H14CrO3. The second-order valence-electron chi connectivity index (χ2n) is 1.48. The molecule has 0 radical (unpaired) electrons. The predicted molar refractivity (Wildman–Crippen MR) is 53.4 cm³/mol. The van der Waals surface area contributed by atoms with Crippen molar-refractivity contribution in [3.05, 3.63) is 36.5 Å². The average molecular weight is 234 g/mol. The summed E-state index contributed by atoms with van der Waals surface area (Å²) in [5, 5.41) is 0. The maximum Gasteiger partial charge on any atom is 0.106 e. The van der Waals surface area contributed by atoms with E-state index >= 15 is 0 Å². The average Bonchev–Trinajstić information content (AvgIpc) is 2.58. The van der Waals surface area contributed by atoms with E-state index in [4.69, 9.17) is 14.4 Å². The molecule has 0 aromatic heterocycles. The molecule has 0 aromatic rings. The van der Waals surface area contributed by atoms with Gasteiger partial charge in [0, 0.05) is 17.4 Å². The maximum atomic E-state index is 8.00. The van der Waals surface area contributed by atoms with Crippen LogP contribution in [0.15, 0.2) is 36.5 Å². The van der Waals surface area contributed by atoms with Crippen LogP contribution in [0.2, 0.25) is 0 Å². The zero-order chi connectivity index (χ0) is 10.9. The van der Waals surface area contributed by atoms with Crippen LogP contribution in [0, 0.1) is 0 Å². The van der Waals surface area contributed by atoms with Crippen molar-refractivity contribution in [2.45, 2.75) is 6.42 Å². The topological polar surface area (TPSA) is 51.2 Å². The molecule has 14 heavy (non-hydrogen) atoms. The molecular weight excluding hydrogens is 220 g/mol. The molecule has 0 aliphatic heterocycles. The van der Waals surface area contributed by atoms with Gasteiger partial charge in [-0.3, -0.25) is 0 Å². The van der Waals surface area contributed by atoms with E-state index in [-0.39, 0.29) is 17.4 Å². The minimum atomic E-state index is 0. The van der Waals surface area contributed by atoms with Crippen LogP contribution in [-0.2, 0) is 31.7 Å². The van der Waals surface area contributed by atoms with Crippen LogP contribution in [-0.4, -0.2) is 20.4 Å². The van der Waals surface area contributed by atoms with Crippen LogP contribution < -0.4 is 0 Å². The van der Waals surface area contributed by atoms with E-state index in [1.807, 2.05) is 32.5 Å². The summed E-state index contributed by atoms with van der Waals surface area (Å²) in [5.41, 5.74) is 0. The summed E-state index contributed by atoms with van der Waals surface area (Å²) in [7, 11) is 0. The molecule has 4 heteroatoms. The van der Waals surface area contributed by atoms with Gasteiger partial charge in [-0.15, -0.1) is 0 Å². The van der Waals surface area contributed by atoms with E-state index in [9.17, 15) is 0 Å². The first kappa shape index (κ1) is 23.0. The molecule has 3 nitrogen and oxygen atoms in total. The predicted octanol–water partition coefficient (Wildman–Crippen LogP) is 1.50. The van der Waals surface area contributed by atoms with Gasteiger partial charge in [-0.2, -0.15) is 0 Å². The van der Waals surface area contributed by atoms with Gasteiger partial charge < -0.3 is 14.4 Å². The fourth-order valence-corrected chi connectivity index (χ4v) is 0.521. The Morgan fingerprint density at radius 2 is 0.929 bits per heavy atom. The quantitative estimate of drug-likeness (QED) is 0.638. The molecule has 0 amide bonds. The van der Waals surface area contributed by atoms with Crippen LogP contribution in [0.3, 0.4) is 0 Å². The molecule has 1 rings (SSSR count). The second-order valence-corrected chi connectivity index (χ2v) is 1.48. The number of carbonyl (C=O) groups excluding carboxylic acids is 3. The SMILES string of the molecule is C1=CC=CCC=C1.C=O.C=O.C=O.[Cr]. The Kier molecular flexibility index (Phi) is 67.4. The Labute approximate surface area is 95.3 Å². The summed E-state index contributed by atoms with van der Waals surface area (Å²) in [6, 6.07) is 0. The first-order valence-corrected chi connectivity index (χ1v) is 3.35. The van der Waals surface area contributed by atoms with Crippen molar-refractivity contribution in [2.24, 2.45) is 0 Å². The first-order chi connectivity index (χ1) is 6.50. The van der Waals surface area contributed by atoms with Crippen molar-refractivity contribution in [3.8, 4) is 0 Å². The van der Waals surface area contributed by atoms with Crippen LogP contribution in [0.5, 0.6) is 0 Å². The number of hydrogen-bond donors (Lipinski definition) is 0. The normalized spacial score (nSPS) is 9.43. The smallest absolute Gasteiger partial charge is 0.106 e. The Balaban J connectivity index is -0.0000000625. The number of allylic oxidation sites excluding steroid dienone is 6. The van der Waals surface area contributed by atoms with Gasteiger partial charge in [0.1, 0.15) is 20.4 Å². The van der Waals surface area contributed by atoms with Gasteiger partial charge >= 0.3 is 0 Å². The van der Waals surface area contributed by atoms with Crippen molar-refractivity contribution in [1.82, 2.24) is 0 Å². The van der Waals surface area contributed by atoms with E-state index in [0.29, 0.717) is 0 Å². The van der Waals surface area contributed by atoms with E-state index < -0.39 is 0 Å². The van der Waals surface area contributed by atoms with Crippen molar-refractivity contribution >= 4 is 20.4 Å². The summed E-state index contributed by atoms with van der Waals surface area (Å²) >= 11 is 0. The Bertz CT molecular complexity index is 146. The number of rotatable bonds is 0. The number of hydrogen-bond acceptors (Lipinski definition) is 3. The van der Waals surface area contributed by atoms with Gasteiger partial charge in [-0.1, -0.05) is 36.5 Å². The summed E-state index contributed by atoms with van der Waals surface area (Å²) in [5.74, 6) is 0. The third-order valence-corrected chi connectivity index (χ3v) is 0.878. The molecule has 78 valence electrons. The van der Waals surface area contributed by atoms with Crippen molar-refractivity contribution < 1.29 is 31.7 Å². The van der Waals surface area contributed by atoms with Gasteiger partial charge in [0.15, 0.2) is 0 Å². The van der Waals surface area contributed by atoms with E-state index in [0.717, 1.165) is 6.42 Å². The van der Waals surface area contributed by atoms with E-state index in [2.05, 4.69) is 24.3 Å². The summed E-state index contributed by atoms with van der Waals surface area (Å²) in [6.07, 6.45) is 13.5. The van der Waals surface area contributed by atoms with Crippen LogP contribution >= 0.6 is 0 Å². The molecule has 1 aliphatic carbocycles. The standard InChI is InChI=1S/C7H8.3CH2O.Cr/c1-2-4-6-7-5-3-1;3*1-2;/h1-6H,7H2;3*1H2;. The van der Waals surface area contributed by atoms with Crippen molar-refractivity contribution in [3.63, 3.8) is 0 Å². The van der Waals surface area contributed by atoms with E-state index in [1.165, 1.54) is 0 Å². The molecule has 0 saturated carbocycles. The molecule has 1 aliphatic rings. The molecule has 0 saturated heterocycles. The van der Waals surface area contributed by atoms with Gasteiger partial charge in [0.05, 0.1) is 0 Å². The molecule has 0 atom stereocenters. The monoisotopic (exact) mass is 234 g/mol. The third kappa shape index (κ3) is 30.9. The van der Waals surface area contributed by atoms with Crippen LogP contribution in [0.25, 0.3) is 0 Å². The largest absolute Gasteiger partial charge is 0.307 e. The summed E-state index contributed by atoms with van der Waals surface area (Å²) in [4.78, 5) is 24.0. The third-order valence-electron chi connectivity index (χ3n) is 0.878. The first-order valence-electron chi connectivity index (χ1n) is 3.35. The van der Waals surface area contributed by atoms with Crippen molar-refractivity contribution in [2.75, 3.05) is 0 Å². The van der Waals surface area contributed by atoms with Gasteiger partial charge in [0.25, 0.3) is 0 Å². The zero-order valence-electron chi connectivity index (χ0n) is 7.93. The van der Waals surface area contributed by atoms with E-state index in [1.54, 1.807) is 0 Å². The Hall–Kier alpha value is -1.24. The summed E-state index contributed by atoms with van der Waals surface area (Å²) in [6.45, 7) is 6.00. The van der Waals surface area contributed by atoms with Crippen LogP contribution in [0.4, 0.5) is 0 Å². The molecule has 0 fully saturated rings. The second kappa shape index (κ2) is 41.0. The number of carbonyl (C=O) groups is 3. The Morgan fingerprint density at radius 3 is 1.21 bits per heavy atom. The zero-order valence-corrected chi connectivity index (χ0v) is 9.20. The van der Waals surface area contributed by atoms with Crippen LogP contribution in [0.1, 0.15) is 6.42 Å². The van der Waals surface area contributed by atoms with Crippen molar-refractivity contribution in [1.29, 1.82) is 0 Å². The fourth-order valence-electron chi connectivity index (χ4n) is 0.521. The van der Waals surface area contributed by atoms with Gasteiger partial charge in [-0.25, -0.2) is 0 Å². The molecule has 0 unspecified atom stereocenters. The van der Waals surface area contributed by atoms with Gasteiger partial charge in [-0.05, 0) is 6.42 Å². The molecule has 0 bridgehead atoms. The molecule has 0 N–H and O–H groups in total. The minimum Gasteiger partial charge on any atom is -0.307 e. The molecule has 0 spiro atoms.